The lowest BCUT2D eigenvalue weighted by Gasteiger charge is -2.42. The van der Waals surface area contributed by atoms with Gasteiger partial charge in [0.2, 0.25) is 0 Å². The molecular formula is C22H32N4O2. The predicted molar refractivity (Wildman–Crippen MR) is 110 cm³/mol. The van der Waals surface area contributed by atoms with Gasteiger partial charge in [0.05, 0.1) is 6.20 Å². The molecule has 0 spiro atoms. The van der Waals surface area contributed by atoms with E-state index >= 15 is 0 Å². The maximum atomic E-state index is 12.8. The van der Waals surface area contributed by atoms with Crippen LogP contribution in [0.5, 0.6) is 0 Å². The van der Waals surface area contributed by atoms with Crippen molar-refractivity contribution in [1.29, 1.82) is 0 Å². The summed E-state index contributed by atoms with van der Waals surface area (Å²) in [7, 11) is 1.72. The highest BCUT2D eigenvalue weighted by atomic mass is 16.5. The molecule has 152 valence electrons. The molecule has 1 amide bonds. The Morgan fingerprint density at radius 1 is 1.25 bits per heavy atom. The molecule has 0 unspecified atom stereocenters. The van der Waals surface area contributed by atoms with Crippen LogP contribution in [0.25, 0.3) is 0 Å². The number of rotatable bonds is 8. The van der Waals surface area contributed by atoms with Crippen molar-refractivity contribution in [3.05, 3.63) is 53.3 Å². The second-order valence-corrected chi connectivity index (χ2v) is 7.69. The smallest absolute Gasteiger partial charge is 0.251 e. The topological polar surface area (TPSA) is 59.4 Å². The van der Waals surface area contributed by atoms with Gasteiger partial charge in [0, 0.05) is 62.3 Å². The van der Waals surface area contributed by atoms with E-state index in [1.54, 1.807) is 7.11 Å². The molecule has 2 aromatic rings. The monoisotopic (exact) mass is 384 g/mol. The van der Waals surface area contributed by atoms with E-state index in [0.29, 0.717) is 12.2 Å². The molecule has 0 radical (unpaired) electrons. The number of piperidine rings is 1. The van der Waals surface area contributed by atoms with Crippen LogP contribution in [-0.2, 0) is 17.8 Å². The fraction of sp³-hybridized carbons (Fsp3) is 0.545. The van der Waals surface area contributed by atoms with Crippen molar-refractivity contribution >= 4 is 5.91 Å². The van der Waals surface area contributed by atoms with Crippen molar-refractivity contribution < 1.29 is 9.53 Å². The summed E-state index contributed by atoms with van der Waals surface area (Å²) in [5.41, 5.74) is 3.04. The minimum absolute atomic E-state index is 0.00483. The quantitative estimate of drug-likeness (QED) is 0.760. The number of nitrogens with zero attached hydrogens (tertiary/aromatic N) is 3. The van der Waals surface area contributed by atoms with Crippen LogP contribution in [0.3, 0.4) is 0 Å². The van der Waals surface area contributed by atoms with Crippen molar-refractivity contribution in [1.82, 2.24) is 20.0 Å². The number of amides is 1. The summed E-state index contributed by atoms with van der Waals surface area (Å²) >= 11 is 0. The number of nitrogens with one attached hydrogen (secondary N) is 1. The molecule has 0 atom stereocenters. The molecule has 6 nitrogen and oxygen atoms in total. The Kier molecular flexibility index (Phi) is 6.86. The van der Waals surface area contributed by atoms with Gasteiger partial charge in [0.25, 0.3) is 5.91 Å². The zero-order valence-electron chi connectivity index (χ0n) is 17.3. The van der Waals surface area contributed by atoms with E-state index in [2.05, 4.69) is 29.2 Å². The van der Waals surface area contributed by atoms with Crippen molar-refractivity contribution in [2.24, 2.45) is 0 Å². The third-order valence-electron chi connectivity index (χ3n) is 5.91. The Morgan fingerprint density at radius 3 is 2.57 bits per heavy atom. The second-order valence-electron chi connectivity index (χ2n) is 7.69. The van der Waals surface area contributed by atoms with Gasteiger partial charge in [-0.2, -0.15) is 5.10 Å². The number of carbonyl (C=O) groups excluding carboxylic acids is 1. The minimum atomic E-state index is -0.206. The van der Waals surface area contributed by atoms with Crippen LogP contribution >= 0.6 is 0 Å². The zero-order valence-corrected chi connectivity index (χ0v) is 17.3. The predicted octanol–water partition coefficient (Wildman–Crippen LogP) is 3.01. The molecule has 1 aromatic heterocycles. The SMILES string of the molecule is CCn1ncc(CN2CCC(CCOC)(NC(=O)c3ccccc3)CC2)c1C. The summed E-state index contributed by atoms with van der Waals surface area (Å²) in [6.07, 6.45) is 4.68. The van der Waals surface area contributed by atoms with Gasteiger partial charge in [-0.25, -0.2) is 0 Å². The first kappa shape index (κ1) is 20.6. The van der Waals surface area contributed by atoms with E-state index in [4.69, 9.17) is 4.74 Å². The summed E-state index contributed by atoms with van der Waals surface area (Å²) in [4.78, 5) is 15.2. The highest BCUT2D eigenvalue weighted by molar-refractivity contribution is 5.94. The molecule has 6 heteroatoms. The zero-order chi connectivity index (χ0) is 20.0. The first-order chi connectivity index (χ1) is 13.6. The lowest BCUT2D eigenvalue weighted by molar-refractivity contribution is 0.0690. The first-order valence-electron chi connectivity index (χ1n) is 10.2. The Bertz CT molecular complexity index is 764. The van der Waals surface area contributed by atoms with Crippen LogP contribution in [0.4, 0.5) is 0 Å². The van der Waals surface area contributed by atoms with E-state index in [1.807, 2.05) is 41.2 Å². The molecule has 0 bridgehead atoms. The van der Waals surface area contributed by atoms with Crippen molar-refractivity contribution in [3.8, 4) is 0 Å². The van der Waals surface area contributed by atoms with Gasteiger partial charge < -0.3 is 10.1 Å². The van der Waals surface area contributed by atoms with Crippen LogP contribution in [0, 0.1) is 6.92 Å². The highest BCUT2D eigenvalue weighted by Gasteiger charge is 2.36. The number of ether oxygens (including phenoxy) is 1. The third-order valence-corrected chi connectivity index (χ3v) is 5.91. The Hall–Kier alpha value is -2.18. The molecule has 0 aliphatic carbocycles. The Labute approximate surface area is 167 Å². The molecule has 3 rings (SSSR count). The largest absolute Gasteiger partial charge is 0.385 e. The maximum absolute atomic E-state index is 12.8. The van der Waals surface area contributed by atoms with Crippen LogP contribution in [0.1, 0.15) is 47.8 Å². The average molecular weight is 385 g/mol. The third kappa shape index (κ3) is 4.80. The van der Waals surface area contributed by atoms with Crippen molar-refractivity contribution in [2.75, 3.05) is 26.8 Å². The molecule has 1 aliphatic heterocycles. The summed E-state index contributed by atoms with van der Waals surface area (Å²) in [5, 5.41) is 7.79. The molecule has 0 saturated carbocycles. The van der Waals surface area contributed by atoms with Gasteiger partial charge in [0.15, 0.2) is 0 Å². The van der Waals surface area contributed by atoms with Crippen LogP contribution in [-0.4, -0.2) is 52.9 Å². The van der Waals surface area contributed by atoms with Gasteiger partial charge in [0.1, 0.15) is 0 Å². The molecule has 1 fully saturated rings. The second kappa shape index (κ2) is 9.34. The number of carbonyl (C=O) groups is 1. The van der Waals surface area contributed by atoms with Crippen molar-refractivity contribution in [2.45, 2.75) is 51.7 Å². The molecule has 2 heterocycles. The molecular weight excluding hydrogens is 352 g/mol. The molecule has 1 aromatic carbocycles. The number of benzene rings is 1. The number of aromatic nitrogens is 2. The van der Waals surface area contributed by atoms with E-state index in [1.165, 1.54) is 11.3 Å². The summed E-state index contributed by atoms with van der Waals surface area (Å²) < 4.78 is 7.38. The molecule has 1 aliphatic rings. The number of hydrogen-bond donors (Lipinski definition) is 1. The number of methoxy groups -OCH3 is 1. The van der Waals surface area contributed by atoms with Gasteiger partial charge in [-0.3, -0.25) is 14.4 Å². The molecule has 28 heavy (non-hydrogen) atoms. The Morgan fingerprint density at radius 2 is 1.96 bits per heavy atom. The number of aryl methyl sites for hydroxylation is 1. The average Bonchev–Trinajstić information content (AvgIpc) is 3.08. The van der Waals surface area contributed by atoms with E-state index < -0.39 is 0 Å². The van der Waals surface area contributed by atoms with Gasteiger partial charge in [-0.05, 0) is 45.2 Å². The fourth-order valence-electron chi connectivity index (χ4n) is 3.98. The Balaban J connectivity index is 1.63. The van der Waals surface area contributed by atoms with Crippen molar-refractivity contribution in [3.63, 3.8) is 0 Å². The fourth-order valence-corrected chi connectivity index (χ4v) is 3.98. The number of likely N-dealkylation sites (tertiary alicyclic amines) is 1. The van der Waals surface area contributed by atoms with Crippen LogP contribution < -0.4 is 5.32 Å². The summed E-state index contributed by atoms with van der Waals surface area (Å²) in [6, 6.07) is 9.46. The highest BCUT2D eigenvalue weighted by Crippen LogP contribution is 2.28. The lowest BCUT2D eigenvalue weighted by Crippen LogP contribution is -2.55. The normalized spacial score (nSPS) is 16.8. The minimum Gasteiger partial charge on any atom is -0.385 e. The summed E-state index contributed by atoms with van der Waals surface area (Å²) in [6.45, 7) is 8.63. The van der Waals surface area contributed by atoms with E-state index in [9.17, 15) is 4.79 Å². The number of hydrogen-bond acceptors (Lipinski definition) is 4. The molecule has 1 N–H and O–H groups in total. The first-order valence-corrected chi connectivity index (χ1v) is 10.2. The van der Waals surface area contributed by atoms with Gasteiger partial charge >= 0.3 is 0 Å². The lowest BCUT2D eigenvalue weighted by atomic mass is 9.84. The standard InChI is InChI=1S/C22H32N4O2/c1-4-26-18(2)20(16-23-26)17-25-13-10-22(11-14-25,12-15-28-3)24-21(27)19-8-6-5-7-9-19/h5-9,16H,4,10-15,17H2,1-3H3,(H,24,27). The van der Waals surface area contributed by atoms with Gasteiger partial charge in [-0.1, -0.05) is 18.2 Å². The molecule has 1 saturated heterocycles. The van der Waals surface area contributed by atoms with Gasteiger partial charge in [-0.15, -0.1) is 0 Å². The van der Waals surface area contributed by atoms with Crippen LogP contribution in [0.2, 0.25) is 0 Å². The van der Waals surface area contributed by atoms with Crippen LogP contribution in [0.15, 0.2) is 36.5 Å². The van der Waals surface area contributed by atoms with E-state index in [-0.39, 0.29) is 11.4 Å². The summed E-state index contributed by atoms with van der Waals surface area (Å²) in [5.74, 6) is 0.00483. The van der Waals surface area contributed by atoms with E-state index in [0.717, 1.165) is 45.4 Å². The maximum Gasteiger partial charge on any atom is 0.251 e.